The molecule has 0 atom stereocenters. The number of fused-ring (bicyclic) bond motifs is 1. The maximum Gasteiger partial charge on any atom is 0.335 e. The van der Waals surface area contributed by atoms with Crippen LogP contribution in [0.25, 0.3) is 11.0 Å². The zero-order chi connectivity index (χ0) is 30.2. The fourth-order valence-corrected chi connectivity index (χ4v) is 5.84. The first-order valence-corrected chi connectivity index (χ1v) is 15.0. The second-order valence-corrected chi connectivity index (χ2v) is 11.4. The lowest BCUT2D eigenvalue weighted by Crippen LogP contribution is -2.60. The van der Waals surface area contributed by atoms with Gasteiger partial charge in [-0.25, -0.2) is 9.78 Å². The van der Waals surface area contributed by atoms with Crippen LogP contribution in [0.4, 0.5) is 0 Å². The van der Waals surface area contributed by atoms with Crippen molar-refractivity contribution in [1.82, 2.24) is 25.5 Å². The van der Waals surface area contributed by atoms with Gasteiger partial charge in [0.2, 0.25) is 5.91 Å². The summed E-state index contributed by atoms with van der Waals surface area (Å²) in [6, 6.07) is 23.1. The van der Waals surface area contributed by atoms with Crippen molar-refractivity contribution in [2.45, 2.75) is 57.0 Å². The molecule has 0 unspecified atom stereocenters. The zero-order valence-electron chi connectivity index (χ0n) is 25.5. The number of benzene rings is 3. The molecule has 9 nitrogen and oxygen atoms in total. The Bertz CT molecular complexity index is 1590. The van der Waals surface area contributed by atoms with Gasteiger partial charge in [-0.1, -0.05) is 73.9 Å². The molecule has 1 fully saturated rings. The number of nitrogens with one attached hydrogen (secondary N) is 4. The third-order valence-electron chi connectivity index (χ3n) is 8.37. The number of aromatic carboxylic acids is 1. The van der Waals surface area contributed by atoms with E-state index in [4.69, 9.17) is 5.41 Å². The van der Waals surface area contributed by atoms with Gasteiger partial charge in [0.05, 0.1) is 16.6 Å². The molecule has 240 valence electrons. The van der Waals surface area contributed by atoms with Gasteiger partial charge in [0.1, 0.15) is 17.2 Å². The van der Waals surface area contributed by atoms with Crippen LogP contribution in [0.1, 0.15) is 65.0 Å². The number of imidazole rings is 1. The molecule has 0 radical (unpaired) electrons. The molecule has 45 heavy (non-hydrogen) atoms. The predicted octanol–water partition coefficient (Wildman–Crippen LogP) is 5.42. The summed E-state index contributed by atoms with van der Waals surface area (Å²) >= 11 is 0. The Kier molecular flexibility index (Phi) is 13.0. The first-order chi connectivity index (χ1) is 20.8. The Balaban J connectivity index is 0.00000276. The minimum Gasteiger partial charge on any atom is -0.478 e. The molecule has 1 aliphatic rings. The second-order valence-electron chi connectivity index (χ2n) is 11.4. The fourth-order valence-electron chi connectivity index (χ4n) is 5.84. The number of nitrogens with zero attached hydrogens (tertiary/aromatic N) is 2. The Morgan fingerprint density at radius 2 is 1.58 bits per heavy atom. The molecule has 1 saturated carbocycles. The summed E-state index contributed by atoms with van der Waals surface area (Å²) in [7, 11) is 1.94. The molecule has 0 bridgehead atoms. The first kappa shape index (κ1) is 35.6. The number of hydrogen-bond donors (Lipinski definition) is 5. The van der Waals surface area contributed by atoms with E-state index in [0.29, 0.717) is 37.9 Å². The van der Waals surface area contributed by atoms with Gasteiger partial charge in [-0.3, -0.25) is 10.2 Å². The van der Waals surface area contributed by atoms with Crippen LogP contribution in [0.3, 0.4) is 0 Å². The van der Waals surface area contributed by atoms with Crippen molar-refractivity contribution in [3.8, 4) is 0 Å². The Morgan fingerprint density at radius 1 is 0.889 bits per heavy atom. The van der Waals surface area contributed by atoms with Crippen LogP contribution < -0.4 is 16.0 Å². The van der Waals surface area contributed by atoms with E-state index in [2.05, 4.69) is 33.1 Å². The first-order valence-electron chi connectivity index (χ1n) is 15.0. The highest BCUT2D eigenvalue weighted by Crippen LogP contribution is 2.29. The summed E-state index contributed by atoms with van der Waals surface area (Å²) in [5.41, 5.74) is 4.11. The van der Waals surface area contributed by atoms with Crippen molar-refractivity contribution >= 4 is 53.6 Å². The molecule has 5 N–H and O–H groups in total. The summed E-state index contributed by atoms with van der Waals surface area (Å²) in [5.74, 6) is 0.149. The van der Waals surface area contributed by atoms with E-state index in [9.17, 15) is 14.7 Å². The monoisotopic (exact) mass is 652 g/mol. The summed E-state index contributed by atoms with van der Waals surface area (Å²) in [5, 5.41) is 27.9. The van der Waals surface area contributed by atoms with Gasteiger partial charge in [0.25, 0.3) is 0 Å². The van der Waals surface area contributed by atoms with E-state index in [0.717, 1.165) is 54.7 Å². The maximum atomic E-state index is 13.4. The van der Waals surface area contributed by atoms with E-state index in [1.807, 2.05) is 54.1 Å². The topological polar surface area (TPSA) is 132 Å². The minimum absolute atomic E-state index is 0. The highest BCUT2D eigenvalue weighted by molar-refractivity contribution is 6.01. The van der Waals surface area contributed by atoms with E-state index in [-0.39, 0.29) is 42.1 Å². The number of amidine groups is 1. The molecule has 0 spiro atoms. The van der Waals surface area contributed by atoms with Gasteiger partial charge >= 0.3 is 5.97 Å². The van der Waals surface area contributed by atoms with Crippen LogP contribution >= 0.6 is 24.8 Å². The third kappa shape index (κ3) is 8.84. The van der Waals surface area contributed by atoms with Crippen LogP contribution in [0.2, 0.25) is 0 Å². The standard InChI is InChI=1S/C34H40N6O3.2ClH/c1-40-29-16-15-27(32(41)42)22-28(29)38-30(40)17-12-24-10-13-26(14-11-24)31(35)39-34(18-6-3-7-19-34)33(43)37-21-20-36-23-25-8-4-2-5-9-25;;/h2,4-5,8-11,13-16,22,36H,3,6-7,12,17-21,23H2,1H3,(H2,35,39)(H,37,43)(H,41,42);2*1H. The third-order valence-corrected chi connectivity index (χ3v) is 8.37. The quantitative estimate of drug-likeness (QED) is 0.0788. The molecule has 1 aliphatic carbocycles. The molecule has 5 rings (SSSR count). The van der Waals surface area contributed by atoms with Crippen LogP contribution in [-0.4, -0.2) is 51.0 Å². The number of carbonyl (C=O) groups excluding carboxylic acids is 1. The maximum absolute atomic E-state index is 13.4. The lowest BCUT2D eigenvalue weighted by molar-refractivity contribution is -0.128. The van der Waals surface area contributed by atoms with Gasteiger partial charge < -0.3 is 25.6 Å². The van der Waals surface area contributed by atoms with Gasteiger partial charge in [0, 0.05) is 38.7 Å². The fraction of sp³-hybridized carbons (Fsp3) is 0.353. The van der Waals surface area contributed by atoms with Crippen molar-refractivity contribution in [2.24, 2.45) is 7.05 Å². The van der Waals surface area contributed by atoms with Crippen molar-refractivity contribution in [2.75, 3.05) is 13.1 Å². The molecular formula is C34H42Cl2N6O3. The van der Waals surface area contributed by atoms with Gasteiger partial charge in [-0.15, -0.1) is 24.8 Å². The average molecular weight is 654 g/mol. The van der Waals surface area contributed by atoms with Crippen molar-refractivity contribution in [3.05, 3.63) is 101 Å². The largest absolute Gasteiger partial charge is 0.478 e. The minimum atomic E-state index is -0.962. The number of carboxylic acid groups (broad SMARTS) is 1. The van der Waals surface area contributed by atoms with E-state index in [1.165, 1.54) is 5.56 Å². The Labute approximate surface area is 276 Å². The molecule has 4 aromatic rings. The van der Waals surface area contributed by atoms with Crippen LogP contribution in [0.5, 0.6) is 0 Å². The van der Waals surface area contributed by atoms with Crippen molar-refractivity contribution < 1.29 is 14.7 Å². The second kappa shape index (κ2) is 16.4. The van der Waals surface area contributed by atoms with Gasteiger partial charge in [0.15, 0.2) is 0 Å². The van der Waals surface area contributed by atoms with E-state index >= 15 is 0 Å². The number of halogens is 2. The number of amides is 1. The number of aromatic nitrogens is 2. The number of carboxylic acids is 1. The normalized spacial score (nSPS) is 13.7. The van der Waals surface area contributed by atoms with Crippen molar-refractivity contribution in [1.29, 1.82) is 5.41 Å². The zero-order valence-corrected chi connectivity index (χ0v) is 27.1. The summed E-state index contributed by atoms with van der Waals surface area (Å²) in [4.78, 5) is 29.4. The molecule has 1 heterocycles. The molecule has 1 aromatic heterocycles. The SMILES string of the molecule is Cl.Cl.Cn1c(CCc2ccc(C(=N)NC3(C(=O)NCCNCc4ccccc4)CCCCC3)cc2)nc2cc(C(=O)O)ccc21. The lowest BCUT2D eigenvalue weighted by Gasteiger charge is -2.37. The molecule has 1 amide bonds. The Morgan fingerprint density at radius 3 is 2.27 bits per heavy atom. The van der Waals surface area contributed by atoms with Crippen LogP contribution in [0, 0.1) is 5.41 Å². The number of aryl methyl sites for hydroxylation is 3. The molecule has 0 saturated heterocycles. The van der Waals surface area contributed by atoms with Crippen LogP contribution in [0.15, 0.2) is 72.8 Å². The number of carbonyl (C=O) groups is 2. The highest BCUT2D eigenvalue weighted by atomic mass is 35.5. The van der Waals surface area contributed by atoms with E-state index in [1.54, 1.807) is 18.2 Å². The smallest absolute Gasteiger partial charge is 0.335 e. The number of rotatable bonds is 12. The summed E-state index contributed by atoms with van der Waals surface area (Å²) in [6.07, 6.45) is 5.90. The predicted molar refractivity (Wildman–Crippen MR) is 183 cm³/mol. The summed E-state index contributed by atoms with van der Waals surface area (Å²) in [6.45, 7) is 1.96. The molecular weight excluding hydrogens is 611 g/mol. The summed E-state index contributed by atoms with van der Waals surface area (Å²) < 4.78 is 2.00. The molecule has 3 aromatic carbocycles. The molecule has 11 heteroatoms. The van der Waals surface area contributed by atoms with Gasteiger partial charge in [-0.05, 0) is 48.6 Å². The van der Waals surface area contributed by atoms with E-state index < -0.39 is 11.5 Å². The van der Waals surface area contributed by atoms with Crippen molar-refractivity contribution in [3.63, 3.8) is 0 Å². The number of hydrogen-bond acceptors (Lipinski definition) is 5. The Hall–Kier alpha value is -3.92. The highest BCUT2D eigenvalue weighted by Gasteiger charge is 2.40. The molecule has 0 aliphatic heterocycles. The van der Waals surface area contributed by atoms with Crippen LogP contribution in [-0.2, 0) is 31.2 Å². The van der Waals surface area contributed by atoms with Gasteiger partial charge in [-0.2, -0.15) is 0 Å². The lowest BCUT2D eigenvalue weighted by atomic mass is 9.80. The average Bonchev–Trinajstić information content (AvgIpc) is 3.35.